The Hall–Kier alpha value is -11.7. The molecule has 5 aromatic heterocycles. The van der Waals surface area contributed by atoms with E-state index in [1.165, 1.54) is 91.7 Å². The van der Waals surface area contributed by atoms with E-state index < -0.39 is 0 Å². The molecule has 7 heterocycles. The molecule has 0 unspecified atom stereocenters. The fraction of sp³-hybridized carbons (Fsp3) is 0.108. The number of rotatable bonds is 7. The van der Waals surface area contributed by atoms with Crippen LogP contribution in [0.2, 0.25) is 0 Å². The van der Waals surface area contributed by atoms with Gasteiger partial charge in [-0.2, -0.15) is 0 Å². The minimum absolute atomic E-state index is 0.136. The lowest BCUT2D eigenvalue weighted by Gasteiger charge is -2.45. The van der Waals surface area contributed by atoms with Gasteiger partial charge in [-0.25, -0.2) is 0 Å². The Balaban J connectivity index is 0.953. The smallest absolute Gasteiger partial charge is 0.252 e. The van der Waals surface area contributed by atoms with E-state index in [0.29, 0.717) is 0 Å². The van der Waals surface area contributed by atoms with Crippen LogP contribution in [0.4, 0.5) is 34.1 Å². The lowest BCUT2D eigenvalue weighted by Crippen LogP contribution is -2.61. The first-order valence-electron chi connectivity index (χ1n) is 35.4. The van der Waals surface area contributed by atoms with E-state index in [-0.39, 0.29) is 17.5 Å². The van der Waals surface area contributed by atoms with Gasteiger partial charge in [-0.1, -0.05) is 224 Å². The van der Waals surface area contributed by atoms with Gasteiger partial charge in [0.15, 0.2) is 0 Å². The van der Waals surface area contributed by atoms with E-state index in [4.69, 9.17) is 9.40 Å². The molecule has 6 nitrogen and oxygen atoms in total. The molecule has 1 aliphatic carbocycles. The van der Waals surface area contributed by atoms with Gasteiger partial charge in [-0.3, -0.25) is 4.98 Å². The van der Waals surface area contributed by atoms with Crippen molar-refractivity contribution >= 4 is 149 Å². The Bertz CT molecular complexity index is 6330. The second-order valence-electron chi connectivity index (χ2n) is 29.7. The zero-order chi connectivity index (χ0) is 67.6. The van der Waals surface area contributed by atoms with Crippen LogP contribution in [0.5, 0.6) is 0 Å². The molecule has 0 atom stereocenters. The number of aromatic nitrogens is 3. The number of nitrogens with zero attached hydrogens (tertiary/aromatic N) is 5. The fourth-order valence-electron chi connectivity index (χ4n) is 17.0. The number of benzene rings is 12. The minimum Gasteiger partial charge on any atom is -0.456 e. The third-order valence-electron chi connectivity index (χ3n) is 21.8. The molecule has 8 heteroatoms. The Morgan fingerprint density at radius 3 is 1.66 bits per heavy atom. The summed E-state index contributed by atoms with van der Waals surface area (Å²) in [5, 5.41) is 8.36. The van der Waals surface area contributed by atoms with Crippen molar-refractivity contribution < 1.29 is 4.42 Å². The maximum absolute atomic E-state index is 6.65. The Morgan fingerprint density at radius 2 is 1.00 bits per heavy atom. The molecule has 0 saturated heterocycles. The maximum atomic E-state index is 6.65. The van der Waals surface area contributed by atoms with Crippen LogP contribution in [-0.4, -0.2) is 20.8 Å². The molecule has 0 radical (unpaired) electrons. The Morgan fingerprint density at radius 1 is 0.416 bits per heavy atom. The summed E-state index contributed by atoms with van der Waals surface area (Å²) in [6.07, 6.45) is 15.0. The van der Waals surface area contributed by atoms with Crippen LogP contribution in [0, 0.1) is 0 Å². The highest BCUT2D eigenvalue weighted by Gasteiger charge is 2.45. The summed E-state index contributed by atoms with van der Waals surface area (Å²) in [5.74, 6) is 0. The molecule has 0 fully saturated rings. The highest BCUT2D eigenvalue weighted by atomic mass is 32.1. The molecule has 20 rings (SSSR count). The van der Waals surface area contributed by atoms with Crippen LogP contribution >= 0.6 is 11.3 Å². The fourth-order valence-corrected chi connectivity index (χ4v) is 18.2. The summed E-state index contributed by atoms with van der Waals surface area (Å²) >= 11 is 1.88. The molecular weight excluding hydrogens is 1250 g/mol. The number of allylic oxidation sites excluding steroid dienone is 3. The summed E-state index contributed by atoms with van der Waals surface area (Å²) < 4.78 is 14.1. The molecular formula is C93H70BN5OS. The standard InChI is InChI=1S/C93H70BN5OS/c1-92(2,3)60-38-44-78(71(52-60)57-24-11-9-12-25-57)98-80-54-62(96-75-34-16-8-7-15-28-65(75)66-29-17-20-35-76(66)96)40-42-73(80)94-74-43-41-63(97-77-36-21-18-30-67(77)68-48-49-95-56-84(68)97)55-81(74)99(79-45-39-61(93(4,5)6)53-72(79)58-26-13-10-14-27-58)83-51-59(50-82(98)90(83)94)64-32-23-33-70-89-87(101-91(64)70)47-46-86-88(89)69-31-19-22-37-85(69)100-86/h8-33,35-56H,7,34H2,1-6H3/b16-8-,28-15-. The largest absolute Gasteiger partial charge is 0.456 e. The molecule has 3 aliphatic rings. The van der Waals surface area contributed by atoms with Crippen molar-refractivity contribution in [1.82, 2.24) is 14.1 Å². The monoisotopic (exact) mass is 1320 g/mol. The number of pyridine rings is 1. The number of furan rings is 1. The number of fused-ring (bicyclic) bond motifs is 17. The van der Waals surface area contributed by atoms with Gasteiger partial charge in [0.2, 0.25) is 0 Å². The molecule has 0 bridgehead atoms. The van der Waals surface area contributed by atoms with Crippen molar-refractivity contribution in [1.29, 1.82) is 0 Å². The second-order valence-corrected chi connectivity index (χ2v) is 30.7. The van der Waals surface area contributed by atoms with E-state index in [1.54, 1.807) is 0 Å². The third-order valence-corrected chi connectivity index (χ3v) is 23.0. The van der Waals surface area contributed by atoms with Gasteiger partial charge >= 0.3 is 0 Å². The lowest BCUT2D eigenvalue weighted by molar-refractivity contribution is 0.590. The molecule has 17 aromatic rings. The zero-order valence-corrected chi connectivity index (χ0v) is 58.1. The molecule has 482 valence electrons. The van der Waals surface area contributed by atoms with Crippen molar-refractivity contribution in [3.05, 3.63) is 308 Å². The number of thiophene rings is 1. The van der Waals surface area contributed by atoms with Crippen molar-refractivity contribution in [3.8, 4) is 44.8 Å². The van der Waals surface area contributed by atoms with E-state index >= 15 is 0 Å². The molecule has 12 aromatic carbocycles. The number of anilines is 6. The average molecular weight is 1320 g/mol. The van der Waals surface area contributed by atoms with Gasteiger partial charge in [0.1, 0.15) is 11.2 Å². The van der Waals surface area contributed by atoms with Crippen molar-refractivity contribution in [2.45, 2.75) is 65.2 Å². The van der Waals surface area contributed by atoms with Crippen LogP contribution < -0.4 is 26.2 Å². The van der Waals surface area contributed by atoms with Crippen molar-refractivity contribution in [2.24, 2.45) is 0 Å². The molecule has 0 N–H and O–H groups in total. The van der Waals surface area contributed by atoms with Crippen molar-refractivity contribution in [3.63, 3.8) is 0 Å². The predicted molar refractivity (Wildman–Crippen MR) is 430 cm³/mol. The summed E-state index contributed by atoms with van der Waals surface area (Å²) in [6.45, 7) is 13.8. The van der Waals surface area contributed by atoms with E-state index in [2.05, 4.69) is 340 Å². The Kier molecular flexibility index (Phi) is 13.2. The molecule has 2 aliphatic heterocycles. The van der Waals surface area contributed by atoms with Gasteiger partial charge < -0.3 is 23.4 Å². The SMILES string of the molecule is CC(C)(C)c1ccc(N2c3cc(-n4c5c(c6ccccc64)/C=C\C/C=C\C5)ccc3B3c4ccc(-n5c6ccccc6c6ccncc65)cc4N(c4ccc(C(C)(C)C)cc4-c4ccccc4)c4cc(-c5cccc6c5sc5ccc7oc8ccccc8c7c56)cc2c43)c(-c2ccccc2)c1. The summed E-state index contributed by atoms with van der Waals surface area (Å²) in [6, 6.07) is 96.6. The van der Waals surface area contributed by atoms with Gasteiger partial charge in [-0.05, 0) is 164 Å². The van der Waals surface area contributed by atoms with Crippen LogP contribution in [0.15, 0.2) is 290 Å². The summed E-state index contributed by atoms with van der Waals surface area (Å²) in [7, 11) is 0. The summed E-state index contributed by atoms with van der Waals surface area (Å²) in [4.78, 5) is 10.2. The second kappa shape index (κ2) is 22.4. The first-order valence-corrected chi connectivity index (χ1v) is 36.2. The number of hydrogen-bond donors (Lipinski definition) is 0. The third kappa shape index (κ3) is 9.13. The number of para-hydroxylation sites is 3. The van der Waals surface area contributed by atoms with Crippen molar-refractivity contribution in [2.75, 3.05) is 9.80 Å². The van der Waals surface area contributed by atoms with Crippen LogP contribution in [-0.2, 0) is 17.3 Å². The van der Waals surface area contributed by atoms with E-state index in [1.807, 2.05) is 23.7 Å². The quantitative estimate of drug-likeness (QED) is 0.118. The lowest BCUT2D eigenvalue weighted by atomic mass is 9.33. The minimum atomic E-state index is -0.229. The average Bonchev–Trinajstić information content (AvgIpc) is 1.11. The highest BCUT2D eigenvalue weighted by Crippen LogP contribution is 2.54. The molecule has 0 saturated carbocycles. The van der Waals surface area contributed by atoms with Gasteiger partial charge in [-0.15, -0.1) is 11.3 Å². The molecule has 0 spiro atoms. The predicted octanol–water partition coefficient (Wildman–Crippen LogP) is 23.6. The van der Waals surface area contributed by atoms with Gasteiger partial charge in [0, 0.05) is 116 Å². The highest BCUT2D eigenvalue weighted by molar-refractivity contribution is 7.26. The number of hydrogen-bond acceptors (Lipinski definition) is 5. The van der Waals surface area contributed by atoms with Gasteiger partial charge in [0.05, 0.1) is 34.1 Å². The first-order chi connectivity index (χ1) is 49.4. The maximum Gasteiger partial charge on any atom is 0.252 e. The Labute approximate surface area is 591 Å². The topological polar surface area (TPSA) is 42.4 Å². The normalized spacial score (nSPS) is 14.3. The summed E-state index contributed by atoms with van der Waals surface area (Å²) in [5.41, 5.74) is 29.6. The van der Waals surface area contributed by atoms with E-state index in [0.717, 1.165) is 114 Å². The van der Waals surface area contributed by atoms with Crippen LogP contribution in [0.3, 0.4) is 0 Å². The molecule has 0 amide bonds. The van der Waals surface area contributed by atoms with Gasteiger partial charge in [0.25, 0.3) is 6.71 Å². The first kappa shape index (κ1) is 59.4. The van der Waals surface area contributed by atoms with E-state index in [9.17, 15) is 0 Å². The van der Waals surface area contributed by atoms with Crippen LogP contribution in [0.1, 0.15) is 70.3 Å². The zero-order valence-electron chi connectivity index (χ0n) is 57.3. The van der Waals surface area contributed by atoms with Crippen LogP contribution in [0.25, 0.3) is 126 Å². The molecule has 101 heavy (non-hydrogen) atoms.